The summed E-state index contributed by atoms with van der Waals surface area (Å²) in [6, 6.07) is 4.75. The number of imide groups is 1. The number of aryl methyl sites for hydroxylation is 2. The molecule has 0 aliphatic heterocycles. The first-order valence-corrected chi connectivity index (χ1v) is 12.6. The van der Waals surface area contributed by atoms with Crippen LogP contribution in [0.5, 0.6) is 0 Å². The van der Waals surface area contributed by atoms with Gasteiger partial charge in [-0.05, 0) is 32.4 Å². The van der Waals surface area contributed by atoms with Gasteiger partial charge in [-0.15, -0.1) is 0 Å². The van der Waals surface area contributed by atoms with Crippen molar-refractivity contribution in [3.63, 3.8) is 0 Å². The van der Waals surface area contributed by atoms with E-state index in [9.17, 15) is 22.8 Å². The van der Waals surface area contributed by atoms with Crippen LogP contribution >= 0.6 is 0 Å². The smallest absolute Gasteiger partial charge is 0.417 e. The SMILES string of the molecule is CC[C@H](NC(=O)N(CCS(=O)(=O)Cc1c(C)noc1C)C(=O)OC)C(=O)c1nc2ccccc2o1. The van der Waals surface area contributed by atoms with Crippen molar-refractivity contribution in [2.24, 2.45) is 0 Å². The summed E-state index contributed by atoms with van der Waals surface area (Å²) in [6.45, 7) is 4.38. The third-order valence-electron chi connectivity index (χ3n) is 5.34. The van der Waals surface area contributed by atoms with Gasteiger partial charge in [-0.2, -0.15) is 0 Å². The van der Waals surface area contributed by atoms with E-state index in [4.69, 9.17) is 8.94 Å². The molecule has 3 aromatic rings. The number of ketones is 1. The molecule has 3 rings (SSSR count). The van der Waals surface area contributed by atoms with Crippen LogP contribution < -0.4 is 5.32 Å². The van der Waals surface area contributed by atoms with Crippen LogP contribution in [0.3, 0.4) is 0 Å². The number of urea groups is 1. The van der Waals surface area contributed by atoms with E-state index in [0.29, 0.717) is 33.0 Å². The van der Waals surface area contributed by atoms with Crippen molar-refractivity contribution in [1.82, 2.24) is 20.4 Å². The molecule has 188 valence electrons. The molecule has 1 N–H and O–H groups in total. The standard InChI is InChI=1S/C22H26N4O8S/c1-5-16(19(27)20-23-17-8-6-7-9-18(17)33-20)24-21(28)26(22(29)32-4)10-11-35(30,31)12-15-13(2)25-34-14(15)3/h6-9,16H,5,10-12H2,1-4H3,(H,24,28)/t16-/m0/s1. The first kappa shape index (κ1) is 25.9. The number of rotatable bonds is 9. The van der Waals surface area contributed by atoms with Gasteiger partial charge in [0, 0.05) is 12.1 Å². The van der Waals surface area contributed by atoms with Gasteiger partial charge in [-0.25, -0.2) is 27.9 Å². The second-order valence-electron chi connectivity index (χ2n) is 7.78. The number of methoxy groups -OCH3 is 1. The van der Waals surface area contributed by atoms with Crippen molar-refractivity contribution in [2.45, 2.75) is 39.0 Å². The topological polar surface area (TPSA) is 162 Å². The van der Waals surface area contributed by atoms with Crippen LogP contribution in [0.2, 0.25) is 0 Å². The number of oxazole rings is 1. The number of amides is 3. The van der Waals surface area contributed by atoms with Crippen LogP contribution in [-0.4, -0.2) is 66.8 Å². The van der Waals surface area contributed by atoms with Crippen molar-refractivity contribution in [1.29, 1.82) is 0 Å². The molecule has 12 nitrogen and oxygen atoms in total. The van der Waals surface area contributed by atoms with Crippen LogP contribution in [0.1, 0.15) is 41.0 Å². The van der Waals surface area contributed by atoms with Crippen molar-refractivity contribution in [3.05, 3.63) is 47.2 Å². The van der Waals surface area contributed by atoms with E-state index in [-0.39, 0.29) is 18.1 Å². The molecule has 0 fully saturated rings. The number of nitrogens with one attached hydrogen (secondary N) is 1. The Morgan fingerprint density at radius 1 is 1.20 bits per heavy atom. The summed E-state index contributed by atoms with van der Waals surface area (Å²) in [5, 5.41) is 6.17. The van der Waals surface area contributed by atoms with Crippen molar-refractivity contribution in [3.8, 4) is 0 Å². The molecule has 13 heteroatoms. The fourth-order valence-corrected chi connectivity index (χ4v) is 4.78. The summed E-state index contributed by atoms with van der Waals surface area (Å²) < 4.78 is 40.4. The van der Waals surface area contributed by atoms with Gasteiger partial charge in [0.25, 0.3) is 5.89 Å². The number of hydrogen-bond donors (Lipinski definition) is 1. The highest BCUT2D eigenvalue weighted by atomic mass is 32.2. The normalized spacial score (nSPS) is 12.3. The minimum Gasteiger partial charge on any atom is -0.452 e. The first-order chi connectivity index (χ1) is 16.6. The largest absolute Gasteiger partial charge is 0.452 e. The number of carbonyl (C=O) groups is 3. The summed E-state index contributed by atoms with van der Waals surface area (Å²) in [5.74, 6) is -1.30. The number of aromatic nitrogens is 2. The molecule has 0 unspecified atom stereocenters. The van der Waals surface area contributed by atoms with E-state index in [0.717, 1.165) is 7.11 Å². The lowest BCUT2D eigenvalue weighted by atomic mass is 10.1. The number of Topliss-reactive ketones (excluding diaryl/α,β-unsaturated/α-hetero) is 1. The van der Waals surface area contributed by atoms with Gasteiger partial charge in [-0.1, -0.05) is 24.2 Å². The number of para-hydroxylation sites is 2. The predicted molar refractivity (Wildman–Crippen MR) is 124 cm³/mol. The van der Waals surface area contributed by atoms with E-state index in [1.54, 1.807) is 45.0 Å². The number of carbonyl (C=O) groups excluding carboxylic acids is 3. The molecule has 0 saturated heterocycles. The van der Waals surface area contributed by atoms with E-state index >= 15 is 0 Å². The molecule has 1 aromatic carbocycles. The molecule has 1 atom stereocenters. The molecule has 0 radical (unpaired) electrons. The van der Waals surface area contributed by atoms with Crippen LogP contribution in [0, 0.1) is 13.8 Å². The Labute approximate surface area is 201 Å². The van der Waals surface area contributed by atoms with Crippen molar-refractivity contribution >= 4 is 38.8 Å². The third-order valence-corrected chi connectivity index (χ3v) is 6.87. The molecule has 0 aliphatic rings. The van der Waals surface area contributed by atoms with Crippen LogP contribution in [0.15, 0.2) is 33.2 Å². The van der Waals surface area contributed by atoms with Gasteiger partial charge in [0.2, 0.25) is 5.78 Å². The van der Waals surface area contributed by atoms with Gasteiger partial charge in [0.05, 0.1) is 30.4 Å². The number of nitrogens with zero attached hydrogens (tertiary/aromatic N) is 3. The van der Waals surface area contributed by atoms with Gasteiger partial charge in [-0.3, -0.25) is 4.79 Å². The summed E-state index contributed by atoms with van der Waals surface area (Å²) in [7, 11) is -2.69. The number of ether oxygens (including phenoxy) is 1. The number of benzene rings is 1. The number of sulfone groups is 1. The van der Waals surface area contributed by atoms with Crippen LogP contribution in [0.25, 0.3) is 11.1 Å². The molecule has 0 bridgehead atoms. The highest BCUT2D eigenvalue weighted by molar-refractivity contribution is 7.90. The lowest BCUT2D eigenvalue weighted by Crippen LogP contribution is -2.51. The van der Waals surface area contributed by atoms with Crippen LogP contribution in [-0.2, 0) is 20.3 Å². The summed E-state index contributed by atoms with van der Waals surface area (Å²) in [4.78, 5) is 42.7. The van der Waals surface area contributed by atoms with Gasteiger partial charge in [0.15, 0.2) is 15.4 Å². The fraction of sp³-hybridized carbons (Fsp3) is 0.409. The third kappa shape index (κ3) is 6.04. The molecule has 3 amide bonds. The molecule has 35 heavy (non-hydrogen) atoms. The second kappa shape index (κ2) is 10.7. The molecule has 2 heterocycles. The molecular weight excluding hydrogens is 480 g/mol. The lowest BCUT2D eigenvalue weighted by Gasteiger charge is -2.22. The predicted octanol–water partition coefficient (Wildman–Crippen LogP) is 2.79. The van der Waals surface area contributed by atoms with Gasteiger partial charge >= 0.3 is 12.1 Å². The Morgan fingerprint density at radius 3 is 2.51 bits per heavy atom. The number of hydrogen-bond acceptors (Lipinski definition) is 10. The van der Waals surface area contributed by atoms with Crippen molar-refractivity contribution in [2.75, 3.05) is 19.4 Å². The Kier molecular flexibility index (Phi) is 7.89. The maximum atomic E-state index is 12.9. The highest BCUT2D eigenvalue weighted by Crippen LogP contribution is 2.18. The van der Waals surface area contributed by atoms with Gasteiger partial charge < -0.3 is 19.0 Å². The van der Waals surface area contributed by atoms with E-state index in [1.807, 2.05) is 0 Å². The quantitative estimate of drug-likeness (QED) is 0.427. The molecular formula is C22H26N4O8S. The molecule has 0 saturated carbocycles. The monoisotopic (exact) mass is 506 g/mol. The second-order valence-corrected chi connectivity index (χ2v) is 9.96. The minimum absolute atomic E-state index is 0.169. The average molecular weight is 507 g/mol. The summed E-state index contributed by atoms with van der Waals surface area (Å²) >= 11 is 0. The summed E-state index contributed by atoms with van der Waals surface area (Å²) in [5.41, 5.74) is 1.76. The summed E-state index contributed by atoms with van der Waals surface area (Å²) in [6.07, 6.45) is -0.901. The van der Waals surface area contributed by atoms with Gasteiger partial charge in [0.1, 0.15) is 11.3 Å². The Bertz CT molecular complexity index is 1290. The van der Waals surface area contributed by atoms with Crippen molar-refractivity contribution < 1.29 is 36.5 Å². The zero-order chi connectivity index (χ0) is 25.8. The van der Waals surface area contributed by atoms with Crippen LogP contribution in [0.4, 0.5) is 9.59 Å². The molecule has 0 aliphatic carbocycles. The zero-order valence-corrected chi connectivity index (χ0v) is 20.5. The van der Waals surface area contributed by atoms with E-state index < -0.39 is 46.1 Å². The minimum atomic E-state index is -3.75. The Hall–Kier alpha value is -3.74. The van der Waals surface area contributed by atoms with E-state index in [2.05, 4.69) is 20.2 Å². The zero-order valence-electron chi connectivity index (χ0n) is 19.7. The maximum Gasteiger partial charge on any atom is 0.417 e. The Balaban J connectivity index is 1.71. The molecule has 2 aromatic heterocycles. The lowest BCUT2D eigenvalue weighted by molar-refractivity contribution is 0.0900. The first-order valence-electron chi connectivity index (χ1n) is 10.7. The maximum absolute atomic E-state index is 12.9. The fourth-order valence-electron chi connectivity index (χ4n) is 3.32. The van der Waals surface area contributed by atoms with E-state index in [1.165, 1.54) is 0 Å². The molecule has 0 spiro atoms. The number of fused-ring (bicyclic) bond motifs is 1. The highest BCUT2D eigenvalue weighted by Gasteiger charge is 2.31. The Morgan fingerprint density at radius 2 is 1.91 bits per heavy atom. The average Bonchev–Trinajstić information content (AvgIpc) is 3.40.